The lowest BCUT2D eigenvalue weighted by atomic mass is 9.64. The lowest BCUT2D eigenvalue weighted by Gasteiger charge is -2.45. The molecule has 0 bridgehead atoms. The maximum atomic E-state index is 14.2. The number of nitrogens with zero attached hydrogens (tertiary/aromatic N) is 1. The van der Waals surface area contributed by atoms with Gasteiger partial charge in [0.25, 0.3) is 0 Å². The van der Waals surface area contributed by atoms with Crippen LogP contribution in [0.1, 0.15) is 99.9 Å². The van der Waals surface area contributed by atoms with Gasteiger partial charge >= 0.3 is 0 Å². The molecule has 7 aromatic carbocycles. The van der Waals surface area contributed by atoms with Gasteiger partial charge in [-0.1, -0.05) is 152 Å². The second kappa shape index (κ2) is 11.7. The topological polar surface area (TPSA) is 20.3 Å². The number of hydrogen-bond donors (Lipinski definition) is 0. The van der Waals surface area contributed by atoms with E-state index in [1.807, 2.05) is 18.2 Å². The van der Waals surface area contributed by atoms with Crippen LogP contribution in [0.2, 0.25) is 0 Å². The van der Waals surface area contributed by atoms with Gasteiger partial charge in [0.2, 0.25) is 0 Å². The predicted octanol–water partition coefficient (Wildman–Crippen LogP) is 14.5. The highest BCUT2D eigenvalue weighted by atomic mass is 32.1. The maximum Gasteiger partial charge on any atom is 0.195 e. The normalized spacial score (nSPS) is 15.6. The van der Waals surface area contributed by atoms with Crippen LogP contribution in [0, 0.1) is 0 Å². The summed E-state index contributed by atoms with van der Waals surface area (Å²) in [6.07, 6.45) is 0. The fraction of sp³-hybridized carbons (Fsp3) is 0.218. The first-order valence-electron chi connectivity index (χ1n) is 20.6. The van der Waals surface area contributed by atoms with Crippen LogP contribution >= 0.6 is 11.3 Å². The van der Waals surface area contributed by atoms with Crippen molar-refractivity contribution in [3.05, 3.63) is 194 Å². The molecule has 11 rings (SSSR count). The third-order valence-electron chi connectivity index (χ3n) is 13.6. The monoisotopic (exact) mass is 769 g/mol. The number of benzene rings is 7. The highest BCUT2D eigenvalue weighted by Crippen LogP contribution is 2.65. The molecule has 0 N–H and O–H groups in total. The Kier molecular flexibility index (Phi) is 7.12. The summed E-state index contributed by atoms with van der Waals surface area (Å²) in [5.41, 5.74) is 18.3. The Bertz CT molecular complexity index is 3100. The van der Waals surface area contributed by atoms with Crippen molar-refractivity contribution in [2.75, 3.05) is 4.90 Å². The summed E-state index contributed by atoms with van der Waals surface area (Å²) >= 11 is 1.72. The van der Waals surface area contributed by atoms with E-state index in [0.717, 1.165) is 25.7 Å². The molecule has 58 heavy (non-hydrogen) atoms. The Labute approximate surface area is 345 Å². The minimum Gasteiger partial charge on any atom is -0.309 e. The summed E-state index contributed by atoms with van der Waals surface area (Å²) in [6.45, 7) is 18.8. The standard InChI is InChI=1S/C55H47NOS/c1-52(2,3)32-25-26-35-42(27-32)54(7,8)44-28-33(53(4,5)6)29-47(50(35)44)56-45-22-14-12-20-40(45)55(41-21-13-15-23-46(41)56)39-19-11-9-17-34(39)37-30-38-49(31-43(37)55)58-48-24-16-10-18-36(48)51(38)57/h9-31H,1-8H3. The fourth-order valence-corrected chi connectivity index (χ4v) is 11.7. The van der Waals surface area contributed by atoms with Crippen LogP contribution in [-0.2, 0) is 21.7 Å². The average Bonchev–Trinajstić information content (AvgIpc) is 3.61. The van der Waals surface area contributed by atoms with Crippen molar-refractivity contribution in [3.63, 3.8) is 0 Å². The molecule has 0 unspecified atom stereocenters. The van der Waals surface area contributed by atoms with Gasteiger partial charge in [-0.05, 0) is 114 Å². The second-order valence-electron chi connectivity index (χ2n) is 19.3. The molecule has 2 aliphatic carbocycles. The quantitative estimate of drug-likeness (QED) is 0.155. The van der Waals surface area contributed by atoms with Gasteiger partial charge in [-0.25, -0.2) is 0 Å². The molecule has 0 atom stereocenters. The minimum atomic E-state index is -0.602. The van der Waals surface area contributed by atoms with Crippen molar-refractivity contribution in [2.24, 2.45) is 0 Å². The SMILES string of the molecule is CC(C)(C)c1ccc2c(c1)C(C)(C)c1cc(C(C)(C)C)cc(N3c4ccccc4C4(c5ccccc5-c5cc6c(=O)c7ccccc7sc6cc54)c4ccccc43)c1-2. The van der Waals surface area contributed by atoms with Gasteiger partial charge in [-0.3, -0.25) is 4.79 Å². The van der Waals surface area contributed by atoms with E-state index in [1.54, 1.807) is 11.3 Å². The lowest BCUT2D eigenvalue weighted by Crippen LogP contribution is -2.36. The Morgan fingerprint density at radius 3 is 1.76 bits per heavy atom. The van der Waals surface area contributed by atoms with E-state index in [4.69, 9.17) is 0 Å². The molecule has 0 amide bonds. The number of hydrogen-bond acceptors (Lipinski definition) is 3. The molecule has 0 fully saturated rings. The van der Waals surface area contributed by atoms with Crippen molar-refractivity contribution in [1.29, 1.82) is 0 Å². The van der Waals surface area contributed by atoms with E-state index in [0.29, 0.717) is 0 Å². The van der Waals surface area contributed by atoms with Gasteiger partial charge in [0.05, 0.1) is 22.5 Å². The van der Waals surface area contributed by atoms with E-state index >= 15 is 0 Å². The zero-order valence-electron chi connectivity index (χ0n) is 34.5. The first kappa shape index (κ1) is 35.4. The first-order valence-corrected chi connectivity index (χ1v) is 21.5. The molecule has 2 heterocycles. The second-order valence-corrected chi connectivity index (χ2v) is 20.4. The molecule has 8 aromatic rings. The molecular weight excluding hydrogens is 723 g/mol. The van der Waals surface area contributed by atoms with Crippen LogP contribution in [0.3, 0.4) is 0 Å². The highest BCUT2D eigenvalue weighted by molar-refractivity contribution is 7.24. The maximum absolute atomic E-state index is 14.2. The van der Waals surface area contributed by atoms with Gasteiger partial charge in [0, 0.05) is 31.2 Å². The smallest absolute Gasteiger partial charge is 0.195 e. The third-order valence-corrected chi connectivity index (χ3v) is 14.7. The predicted molar refractivity (Wildman–Crippen MR) is 246 cm³/mol. The van der Waals surface area contributed by atoms with Gasteiger partial charge in [-0.15, -0.1) is 11.3 Å². The van der Waals surface area contributed by atoms with Gasteiger partial charge in [0.1, 0.15) is 0 Å². The Hall–Kier alpha value is -5.77. The number of rotatable bonds is 1. The van der Waals surface area contributed by atoms with Crippen molar-refractivity contribution in [1.82, 2.24) is 0 Å². The van der Waals surface area contributed by atoms with Crippen molar-refractivity contribution >= 4 is 48.6 Å². The first-order chi connectivity index (χ1) is 27.7. The van der Waals surface area contributed by atoms with E-state index < -0.39 is 5.41 Å². The fourth-order valence-electron chi connectivity index (χ4n) is 10.6. The Morgan fingerprint density at radius 1 is 0.466 bits per heavy atom. The summed E-state index contributed by atoms with van der Waals surface area (Å²) < 4.78 is 2.04. The summed E-state index contributed by atoms with van der Waals surface area (Å²) in [7, 11) is 0. The molecule has 3 heteroatoms. The molecule has 1 aromatic heterocycles. The van der Waals surface area contributed by atoms with E-state index in [-0.39, 0.29) is 21.7 Å². The summed E-state index contributed by atoms with van der Waals surface area (Å²) in [5, 5.41) is 1.58. The zero-order valence-corrected chi connectivity index (χ0v) is 35.4. The molecule has 0 saturated heterocycles. The lowest BCUT2D eigenvalue weighted by molar-refractivity contribution is 0.580. The van der Waals surface area contributed by atoms with Crippen molar-refractivity contribution < 1.29 is 0 Å². The van der Waals surface area contributed by atoms with Gasteiger partial charge in [0.15, 0.2) is 5.43 Å². The zero-order chi connectivity index (χ0) is 40.1. The molecule has 3 aliphatic rings. The van der Waals surface area contributed by atoms with Gasteiger partial charge in [-0.2, -0.15) is 0 Å². The molecule has 1 aliphatic heterocycles. The van der Waals surface area contributed by atoms with Crippen LogP contribution in [-0.4, -0.2) is 0 Å². The summed E-state index contributed by atoms with van der Waals surface area (Å²) in [6, 6.07) is 52.0. The van der Waals surface area contributed by atoms with Crippen LogP contribution in [0.5, 0.6) is 0 Å². The summed E-state index contributed by atoms with van der Waals surface area (Å²) in [5.74, 6) is 0. The third kappa shape index (κ3) is 4.57. The van der Waals surface area contributed by atoms with Crippen LogP contribution in [0.25, 0.3) is 42.4 Å². The minimum absolute atomic E-state index is 0.0423. The number of fused-ring (bicyclic) bond motifs is 14. The number of para-hydroxylation sites is 2. The van der Waals surface area contributed by atoms with E-state index in [1.165, 1.54) is 78.3 Å². The molecule has 1 spiro atoms. The molecule has 2 nitrogen and oxygen atoms in total. The Balaban J connectivity index is 1.25. The van der Waals surface area contributed by atoms with E-state index in [9.17, 15) is 4.79 Å². The molecule has 0 radical (unpaired) electrons. The summed E-state index contributed by atoms with van der Waals surface area (Å²) in [4.78, 5) is 16.7. The average molecular weight is 770 g/mol. The molecule has 284 valence electrons. The van der Waals surface area contributed by atoms with Crippen LogP contribution in [0.4, 0.5) is 17.1 Å². The van der Waals surface area contributed by atoms with Crippen molar-refractivity contribution in [2.45, 2.75) is 77.0 Å². The van der Waals surface area contributed by atoms with Crippen LogP contribution < -0.4 is 10.3 Å². The Morgan fingerprint density at radius 2 is 1.07 bits per heavy atom. The molecular formula is C55H47NOS. The van der Waals surface area contributed by atoms with Gasteiger partial charge < -0.3 is 4.90 Å². The highest BCUT2D eigenvalue weighted by Gasteiger charge is 2.52. The molecule has 0 saturated carbocycles. The largest absolute Gasteiger partial charge is 0.309 e. The van der Waals surface area contributed by atoms with Crippen LogP contribution in [0.15, 0.2) is 144 Å². The number of anilines is 3. The van der Waals surface area contributed by atoms with Crippen molar-refractivity contribution in [3.8, 4) is 22.3 Å². The van der Waals surface area contributed by atoms with E-state index in [2.05, 4.69) is 182 Å².